The highest BCUT2D eigenvalue weighted by atomic mass is 31.1. The standard InChI is InChI=1S/C26H26O3P/c1-19(2)25(20(3)17-18-27)29-26(28)23-15-10-16-24(23)30(21-11-6-4-7-12-21)22-13-8-5-9-14-22/h4-16,18,20,25H,1,17H2,2-3H3/t20-,25-/m0/s1. The fourth-order valence-electron chi connectivity index (χ4n) is 3.52. The molecule has 1 aliphatic carbocycles. The van der Waals surface area contributed by atoms with Crippen molar-refractivity contribution in [1.29, 1.82) is 0 Å². The summed E-state index contributed by atoms with van der Waals surface area (Å²) in [5.41, 5.74) is 1.70. The number of aldehydes is 1. The van der Waals surface area contributed by atoms with E-state index in [9.17, 15) is 9.59 Å². The number of esters is 1. The topological polar surface area (TPSA) is 43.4 Å². The summed E-state index contributed by atoms with van der Waals surface area (Å²) < 4.78 is 5.85. The lowest BCUT2D eigenvalue weighted by Gasteiger charge is -2.30. The third-order valence-corrected chi connectivity index (χ3v) is 7.49. The number of carbonyl (C=O) groups is 2. The minimum Gasteiger partial charge on any atom is -0.457 e. The maximum Gasteiger partial charge on any atom is 0.315 e. The van der Waals surface area contributed by atoms with E-state index in [1.807, 2.05) is 69.5 Å². The Hall–Kier alpha value is -2.25. The molecule has 153 valence electrons. The molecule has 2 aromatic carbocycles. The van der Waals surface area contributed by atoms with Crippen LogP contribution >= 0.6 is 7.92 Å². The van der Waals surface area contributed by atoms with Crippen LogP contribution in [0, 0.1) is 36.8 Å². The normalized spacial score (nSPS) is 16.9. The molecule has 3 rings (SSSR count). The molecule has 5 radical (unpaired) electrons. The second-order valence-electron chi connectivity index (χ2n) is 7.38. The highest BCUT2D eigenvalue weighted by Gasteiger charge is 2.43. The van der Waals surface area contributed by atoms with E-state index in [-0.39, 0.29) is 11.9 Å². The third-order valence-electron chi connectivity index (χ3n) is 4.99. The first kappa shape index (κ1) is 22.4. The second kappa shape index (κ2) is 10.7. The zero-order valence-corrected chi connectivity index (χ0v) is 18.2. The van der Waals surface area contributed by atoms with E-state index in [1.54, 1.807) is 0 Å². The van der Waals surface area contributed by atoms with Gasteiger partial charge in [0.05, 0.1) is 0 Å². The number of rotatable bonds is 9. The van der Waals surface area contributed by atoms with Crippen LogP contribution < -0.4 is 10.6 Å². The van der Waals surface area contributed by atoms with E-state index >= 15 is 0 Å². The van der Waals surface area contributed by atoms with Gasteiger partial charge >= 0.3 is 5.97 Å². The lowest BCUT2D eigenvalue weighted by atomic mass is 9.96. The highest BCUT2D eigenvalue weighted by Crippen LogP contribution is 2.56. The molecule has 4 heteroatoms. The van der Waals surface area contributed by atoms with Crippen molar-refractivity contribution in [2.75, 3.05) is 0 Å². The van der Waals surface area contributed by atoms with Gasteiger partial charge in [-0.2, -0.15) is 0 Å². The SMILES string of the molecule is C=C(C)[C@H](OC(=O)[C]1[CH][CH][CH][C]1P(c1ccccc1)c1ccccc1)[C@@H](C)CC=O. The molecule has 0 amide bonds. The first-order valence-electron chi connectivity index (χ1n) is 9.99. The molecule has 0 unspecified atom stereocenters. The van der Waals surface area contributed by atoms with Crippen LogP contribution in [0.25, 0.3) is 0 Å². The van der Waals surface area contributed by atoms with Crippen LogP contribution in [-0.4, -0.2) is 18.4 Å². The fraction of sp³-hybridized carbons (Fsp3) is 0.192. The Morgan fingerprint density at radius 1 is 1.03 bits per heavy atom. The van der Waals surface area contributed by atoms with Crippen molar-refractivity contribution in [2.45, 2.75) is 26.4 Å². The van der Waals surface area contributed by atoms with Crippen LogP contribution in [0.15, 0.2) is 72.8 Å². The molecule has 0 aromatic heterocycles. The molecular formula is C26H26O3P. The summed E-state index contributed by atoms with van der Waals surface area (Å²) in [5.74, 6) is 0.0746. The van der Waals surface area contributed by atoms with E-state index in [2.05, 4.69) is 30.8 Å². The van der Waals surface area contributed by atoms with Crippen molar-refractivity contribution >= 4 is 30.8 Å². The first-order valence-corrected chi connectivity index (χ1v) is 11.3. The summed E-state index contributed by atoms with van der Waals surface area (Å²) in [7, 11) is -0.904. The number of ether oxygens (including phenoxy) is 1. The summed E-state index contributed by atoms with van der Waals surface area (Å²) in [6, 6.07) is 20.5. The Bertz CT molecular complexity index is 810. The summed E-state index contributed by atoms with van der Waals surface area (Å²) in [6.07, 6.45) is 6.40. The number of carbonyl (C=O) groups excluding carboxylic acids is 2. The van der Waals surface area contributed by atoms with Gasteiger partial charge in [0.25, 0.3) is 0 Å². The Morgan fingerprint density at radius 2 is 1.60 bits per heavy atom. The van der Waals surface area contributed by atoms with Gasteiger partial charge in [0.15, 0.2) is 0 Å². The molecule has 0 aliphatic heterocycles. The lowest BCUT2D eigenvalue weighted by molar-refractivity contribution is -0.146. The predicted molar refractivity (Wildman–Crippen MR) is 123 cm³/mol. The highest BCUT2D eigenvalue weighted by molar-refractivity contribution is 7.76. The van der Waals surface area contributed by atoms with E-state index in [0.29, 0.717) is 12.3 Å². The number of hydrogen-bond donors (Lipinski definition) is 0. The van der Waals surface area contributed by atoms with Crippen molar-refractivity contribution in [3.8, 4) is 0 Å². The average Bonchev–Trinajstić information content (AvgIpc) is 3.23. The molecule has 1 aliphatic rings. The van der Waals surface area contributed by atoms with E-state index < -0.39 is 14.0 Å². The van der Waals surface area contributed by atoms with Gasteiger partial charge in [0, 0.05) is 18.0 Å². The largest absolute Gasteiger partial charge is 0.457 e. The fourth-order valence-corrected chi connectivity index (χ4v) is 5.95. The van der Waals surface area contributed by atoms with Crippen LogP contribution in [0.4, 0.5) is 0 Å². The Balaban J connectivity index is 1.87. The first-order chi connectivity index (χ1) is 14.5. The molecule has 3 nitrogen and oxygen atoms in total. The zero-order chi connectivity index (χ0) is 21.5. The van der Waals surface area contributed by atoms with Crippen molar-refractivity contribution in [3.05, 3.63) is 104 Å². The Morgan fingerprint density at radius 3 is 2.10 bits per heavy atom. The maximum atomic E-state index is 13.2. The van der Waals surface area contributed by atoms with Gasteiger partial charge in [-0.05, 0) is 50.3 Å². The average molecular weight is 417 g/mol. The van der Waals surface area contributed by atoms with Gasteiger partial charge in [-0.3, -0.25) is 4.79 Å². The molecule has 0 N–H and O–H groups in total. The lowest BCUT2D eigenvalue weighted by Crippen LogP contribution is -2.31. The van der Waals surface area contributed by atoms with E-state index in [1.165, 1.54) is 10.6 Å². The molecule has 2 aromatic rings. The summed E-state index contributed by atoms with van der Waals surface area (Å²) in [5, 5.41) is 2.34. The number of benzene rings is 2. The zero-order valence-electron chi connectivity index (χ0n) is 17.3. The predicted octanol–water partition coefficient (Wildman–Crippen LogP) is 4.57. The van der Waals surface area contributed by atoms with Gasteiger partial charge in [-0.15, -0.1) is 0 Å². The van der Waals surface area contributed by atoms with Crippen LogP contribution in [0.5, 0.6) is 0 Å². The summed E-state index contributed by atoms with van der Waals surface area (Å²) in [4.78, 5) is 24.1. The van der Waals surface area contributed by atoms with Gasteiger partial charge in [0.2, 0.25) is 0 Å². The van der Waals surface area contributed by atoms with Crippen molar-refractivity contribution < 1.29 is 14.3 Å². The van der Waals surface area contributed by atoms with Gasteiger partial charge < -0.3 is 9.53 Å². The molecule has 0 heterocycles. The van der Waals surface area contributed by atoms with E-state index in [0.717, 1.165) is 17.5 Å². The molecule has 2 atom stereocenters. The molecule has 0 bridgehead atoms. The molecule has 0 saturated heterocycles. The molecular weight excluding hydrogens is 391 g/mol. The Labute approximate surface area is 181 Å². The Kier molecular flexibility index (Phi) is 7.99. The third kappa shape index (κ3) is 5.26. The van der Waals surface area contributed by atoms with E-state index in [4.69, 9.17) is 4.74 Å². The van der Waals surface area contributed by atoms with Crippen LogP contribution in [0.3, 0.4) is 0 Å². The monoisotopic (exact) mass is 417 g/mol. The molecule has 0 spiro atoms. The van der Waals surface area contributed by atoms with Crippen LogP contribution in [0.2, 0.25) is 0 Å². The van der Waals surface area contributed by atoms with Crippen LogP contribution in [-0.2, 0) is 14.3 Å². The summed E-state index contributed by atoms with van der Waals surface area (Å²) >= 11 is 0. The van der Waals surface area contributed by atoms with Gasteiger partial charge in [-0.1, -0.05) is 74.2 Å². The molecule has 30 heavy (non-hydrogen) atoms. The van der Waals surface area contributed by atoms with Crippen molar-refractivity contribution in [1.82, 2.24) is 0 Å². The van der Waals surface area contributed by atoms with Crippen molar-refractivity contribution in [2.24, 2.45) is 5.92 Å². The van der Waals surface area contributed by atoms with Crippen LogP contribution in [0.1, 0.15) is 20.3 Å². The minimum atomic E-state index is -0.904. The second-order valence-corrected chi connectivity index (χ2v) is 9.57. The van der Waals surface area contributed by atoms with Crippen molar-refractivity contribution in [3.63, 3.8) is 0 Å². The number of hydrogen-bond acceptors (Lipinski definition) is 3. The smallest absolute Gasteiger partial charge is 0.315 e. The molecule has 1 saturated carbocycles. The van der Waals surface area contributed by atoms with Gasteiger partial charge in [-0.25, -0.2) is 0 Å². The quantitative estimate of drug-likeness (QED) is 0.260. The minimum absolute atomic E-state index is 0.118. The molecule has 1 fully saturated rings. The maximum absolute atomic E-state index is 13.2. The summed E-state index contributed by atoms with van der Waals surface area (Å²) in [6.45, 7) is 7.68. The van der Waals surface area contributed by atoms with Gasteiger partial charge in [0.1, 0.15) is 18.3 Å².